The van der Waals surface area contributed by atoms with Crippen molar-refractivity contribution in [3.8, 4) is 0 Å². The summed E-state index contributed by atoms with van der Waals surface area (Å²) in [4.78, 5) is 18.5. The average Bonchev–Trinajstić information content (AvgIpc) is 2.68. The number of fused-ring (bicyclic) bond motifs is 1. The van der Waals surface area contributed by atoms with Gasteiger partial charge in [-0.1, -0.05) is 12.8 Å². The Morgan fingerprint density at radius 3 is 3.10 bits per heavy atom. The highest BCUT2D eigenvalue weighted by atomic mass is 35.5. The lowest BCUT2D eigenvalue weighted by atomic mass is 10.1. The molecular formula is C13H18ClN5O. The Bertz CT molecular complexity index is 664. The van der Waals surface area contributed by atoms with E-state index in [0.29, 0.717) is 23.4 Å². The average molecular weight is 296 g/mol. The number of alkyl halides is 1. The predicted molar refractivity (Wildman–Crippen MR) is 78.7 cm³/mol. The van der Waals surface area contributed by atoms with Crippen molar-refractivity contribution >= 4 is 23.1 Å². The Kier molecular flexibility index (Phi) is 3.65. The van der Waals surface area contributed by atoms with Crippen LogP contribution in [0.4, 0.5) is 5.82 Å². The van der Waals surface area contributed by atoms with E-state index in [9.17, 15) is 4.79 Å². The molecule has 20 heavy (non-hydrogen) atoms. The maximum atomic E-state index is 11.6. The lowest BCUT2D eigenvalue weighted by molar-refractivity contribution is 0.614. The summed E-state index contributed by atoms with van der Waals surface area (Å²) in [5.41, 5.74) is 0.358. The molecule has 0 aromatic carbocycles. The van der Waals surface area contributed by atoms with E-state index in [1.54, 1.807) is 0 Å². The van der Waals surface area contributed by atoms with Gasteiger partial charge < -0.3 is 4.90 Å². The van der Waals surface area contributed by atoms with E-state index >= 15 is 0 Å². The van der Waals surface area contributed by atoms with Crippen LogP contribution in [0.25, 0.3) is 5.65 Å². The van der Waals surface area contributed by atoms with E-state index in [-0.39, 0.29) is 5.69 Å². The molecule has 108 valence electrons. The van der Waals surface area contributed by atoms with Crippen molar-refractivity contribution in [1.29, 1.82) is 0 Å². The first-order valence-electron chi connectivity index (χ1n) is 6.98. The molecule has 1 aliphatic heterocycles. The number of nitrogens with one attached hydrogen (secondary N) is 1. The van der Waals surface area contributed by atoms with Crippen molar-refractivity contribution in [3.63, 3.8) is 0 Å². The third-order valence-electron chi connectivity index (χ3n) is 3.91. The third-order valence-corrected chi connectivity index (χ3v) is 4.26. The first kappa shape index (κ1) is 13.4. The molecular weight excluding hydrogens is 278 g/mol. The Labute approximate surface area is 121 Å². The normalized spacial score (nSPS) is 20.3. The molecule has 0 aliphatic carbocycles. The predicted octanol–water partition coefficient (Wildman–Crippen LogP) is 1.71. The number of anilines is 1. The Morgan fingerprint density at radius 2 is 2.30 bits per heavy atom. The largest absolute Gasteiger partial charge is 0.352 e. The van der Waals surface area contributed by atoms with Crippen molar-refractivity contribution in [2.24, 2.45) is 0 Å². The minimum atomic E-state index is -0.249. The molecule has 7 heteroatoms. The summed E-state index contributed by atoms with van der Waals surface area (Å²) in [6.45, 7) is 2.77. The number of nitrogens with zero attached hydrogens (tertiary/aromatic N) is 4. The van der Waals surface area contributed by atoms with Crippen LogP contribution < -0.4 is 10.6 Å². The van der Waals surface area contributed by atoms with Gasteiger partial charge in [-0.3, -0.25) is 0 Å². The van der Waals surface area contributed by atoms with Gasteiger partial charge in [-0.25, -0.2) is 19.3 Å². The van der Waals surface area contributed by atoms with Crippen molar-refractivity contribution in [1.82, 2.24) is 19.6 Å². The molecule has 0 bridgehead atoms. The van der Waals surface area contributed by atoms with Gasteiger partial charge in [0.15, 0.2) is 5.65 Å². The lowest BCUT2D eigenvalue weighted by Gasteiger charge is -2.29. The quantitative estimate of drug-likeness (QED) is 0.857. The zero-order valence-corrected chi connectivity index (χ0v) is 12.2. The van der Waals surface area contributed by atoms with Crippen LogP contribution in [0.5, 0.6) is 0 Å². The molecule has 0 radical (unpaired) electrons. The summed E-state index contributed by atoms with van der Waals surface area (Å²) >= 11 is 6.11. The molecule has 1 N–H and O–H groups in total. The number of aromatic amines is 1. The number of rotatable bonds is 2. The summed E-state index contributed by atoms with van der Waals surface area (Å²) < 4.78 is 1.48. The van der Waals surface area contributed by atoms with Crippen molar-refractivity contribution in [2.45, 2.75) is 38.6 Å². The fourth-order valence-electron chi connectivity index (χ4n) is 2.87. The van der Waals surface area contributed by atoms with Gasteiger partial charge in [0, 0.05) is 24.5 Å². The van der Waals surface area contributed by atoms with Gasteiger partial charge in [-0.15, -0.1) is 11.6 Å². The number of aromatic nitrogens is 4. The second-order valence-electron chi connectivity index (χ2n) is 5.23. The second-order valence-corrected chi connectivity index (χ2v) is 5.54. The summed E-state index contributed by atoms with van der Waals surface area (Å²) in [5.74, 6) is 2.11. The smallest absolute Gasteiger partial charge is 0.349 e. The highest BCUT2D eigenvalue weighted by Gasteiger charge is 2.22. The van der Waals surface area contributed by atoms with Crippen LogP contribution in [0.1, 0.15) is 31.5 Å². The first-order valence-corrected chi connectivity index (χ1v) is 7.51. The fourth-order valence-corrected chi connectivity index (χ4v) is 3.19. The van der Waals surface area contributed by atoms with E-state index in [4.69, 9.17) is 11.6 Å². The van der Waals surface area contributed by atoms with Gasteiger partial charge in [-0.05, 0) is 19.8 Å². The molecule has 1 atom stereocenters. The molecule has 2 aromatic rings. The van der Waals surface area contributed by atoms with Gasteiger partial charge >= 0.3 is 5.69 Å². The number of hydrogen-bond donors (Lipinski definition) is 1. The van der Waals surface area contributed by atoms with E-state index in [2.05, 4.69) is 20.1 Å². The summed E-state index contributed by atoms with van der Waals surface area (Å²) in [6, 6.07) is 2.16. The SMILES string of the molecule is Cc1nc(N2CCCCCC2CCl)cc2n[nH]c(=O)n12. The maximum Gasteiger partial charge on any atom is 0.349 e. The van der Waals surface area contributed by atoms with Crippen LogP contribution in [0.15, 0.2) is 10.9 Å². The molecule has 1 saturated heterocycles. The monoisotopic (exact) mass is 295 g/mol. The van der Waals surface area contributed by atoms with Crippen LogP contribution in [0.2, 0.25) is 0 Å². The molecule has 1 fully saturated rings. The van der Waals surface area contributed by atoms with Gasteiger partial charge in [0.2, 0.25) is 0 Å². The molecule has 3 heterocycles. The molecule has 3 rings (SSSR count). The molecule has 6 nitrogen and oxygen atoms in total. The van der Waals surface area contributed by atoms with Crippen molar-refractivity contribution < 1.29 is 0 Å². The molecule has 0 spiro atoms. The van der Waals surface area contributed by atoms with Crippen molar-refractivity contribution in [3.05, 3.63) is 22.4 Å². The van der Waals surface area contributed by atoms with E-state index in [1.807, 2.05) is 13.0 Å². The molecule has 2 aromatic heterocycles. The Morgan fingerprint density at radius 1 is 1.45 bits per heavy atom. The van der Waals surface area contributed by atoms with Crippen LogP contribution in [0, 0.1) is 6.92 Å². The molecule has 1 aliphatic rings. The van der Waals surface area contributed by atoms with Crippen LogP contribution in [-0.4, -0.2) is 38.0 Å². The molecule has 1 unspecified atom stereocenters. The van der Waals surface area contributed by atoms with Crippen LogP contribution >= 0.6 is 11.6 Å². The van der Waals surface area contributed by atoms with E-state index in [0.717, 1.165) is 25.2 Å². The zero-order chi connectivity index (χ0) is 14.1. The highest BCUT2D eigenvalue weighted by molar-refractivity contribution is 6.18. The fraction of sp³-hybridized carbons (Fsp3) is 0.615. The zero-order valence-electron chi connectivity index (χ0n) is 11.5. The minimum Gasteiger partial charge on any atom is -0.352 e. The van der Waals surface area contributed by atoms with Gasteiger partial charge in [-0.2, -0.15) is 5.10 Å². The number of halogens is 1. The molecule has 0 amide bonds. The van der Waals surface area contributed by atoms with Gasteiger partial charge in [0.25, 0.3) is 0 Å². The lowest BCUT2D eigenvalue weighted by Crippen LogP contribution is -2.37. The van der Waals surface area contributed by atoms with Crippen molar-refractivity contribution in [2.75, 3.05) is 17.3 Å². The van der Waals surface area contributed by atoms with E-state index < -0.39 is 0 Å². The number of H-pyrrole nitrogens is 1. The Balaban J connectivity index is 2.05. The first-order chi connectivity index (χ1) is 9.70. The van der Waals surface area contributed by atoms with Crippen LogP contribution in [0.3, 0.4) is 0 Å². The van der Waals surface area contributed by atoms with Gasteiger partial charge in [0.1, 0.15) is 11.6 Å². The summed E-state index contributed by atoms with van der Waals surface area (Å²) in [5, 5.41) is 6.49. The second kappa shape index (κ2) is 5.44. The van der Waals surface area contributed by atoms with Crippen LogP contribution in [-0.2, 0) is 0 Å². The summed E-state index contributed by atoms with van der Waals surface area (Å²) in [7, 11) is 0. The Hall–Kier alpha value is -1.56. The highest BCUT2D eigenvalue weighted by Crippen LogP contribution is 2.24. The number of hydrogen-bond acceptors (Lipinski definition) is 4. The minimum absolute atomic E-state index is 0.249. The van der Waals surface area contributed by atoms with E-state index in [1.165, 1.54) is 17.2 Å². The standard InChI is InChI=1S/C13H18ClN5O/c1-9-15-11(7-12-16-17-13(20)19(9)12)18-6-4-2-3-5-10(18)8-14/h7,10H,2-6,8H2,1H3,(H,17,20). The topological polar surface area (TPSA) is 66.3 Å². The molecule has 0 saturated carbocycles. The van der Waals surface area contributed by atoms with Gasteiger partial charge in [0.05, 0.1) is 0 Å². The third kappa shape index (κ3) is 2.28. The number of aryl methyl sites for hydroxylation is 1. The maximum absolute atomic E-state index is 11.6. The summed E-state index contributed by atoms with van der Waals surface area (Å²) in [6.07, 6.45) is 4.67.